The number of rotatable bonds is 3. The third-order valence-electron chi connectivity index (χ3n) is 5.25. The summed E-state index contributed by atoms with van der Waals surface area (Å²) in [4.78, 5) is 2.16. The van der Waals surface area contributed by atoms with Crippen molar-refractivity contribution in [3.8, 4) is 5.75 Å². The zero-order chi connectivity index (χ0) is 19.8. The first-order valence-electron chi connectivity index (χ1n) is 9.55. The van der Waals surface area contributed by atoms with Crippen LogP contribution in [0.15, 0.2) is 103 Å². The van der Waals surface area contributed by atoms with Crippen molar-refractivity contribution >= 4 is 44.3 Å². The minimum Gasteiger partial charge on any atom is -0.506 e. The van der Waals surface area contributed by atoms with E-state index in [1.807, 2.05) is 30.3 Å². The van der Waals surface area contributed by atoms with Crippen LogP contribution in [0.3, 0.4) is 0 Å². The molecule has 5 aromatic carbocycles. The van der Waals surface area contributed by atoms with Crippen molar-refractivity contribution in [3.05, 3.63) is 103 Å². The van der Waals surface area contributed by atoms with Gasteiger partial charge in [0.2, 0.25) is 0 Å². The summed E-state index contributed by atoms with van der Waals surface area (Å²) in [7, 11) is 0. The van der Waals surface area contributed by atoms with E-state index in [-0.39, 0.29) is 5.75 Å². The highest BCUT2D eigenvalue weighted by Crippen LogP contribution is 2.39. The molecule has 29 heavy (non-hydrogen) atoms. The maximum atomic E-state index is 9.91. The van der Waals surface area contributed by atoms with Crippen LogP contribution in [0.5, 0.6) is 5.75 Å². The first kappa shape index (κ1) is 17.1. The Morgan fingerprint density at radius 2 is 0.966 bits per heavy atom. The molecule has 0 aliphatic rings. The average molecular weight is 376 g/mol. The fourth-order valence-corrected chi connectivity index (χ4v) is 3.76. The van der Waals surface area contributed by atoms with Crippen molar-refractivity contribution in [3.63, 3.8) is 0 Å². The lowest BCUT2D eigenvalue weighted by atomic mass is 10.1. The molecule has 5 rings (SSSR count). The van der Waals surface area contributed by atoms with E-state index in [4.69, 9.17) is 5.73 Å². The molecule has 0 radical (unpaired) electrons. The van der Waals surface area contributed by atoms with Crippen LogP contribution in [-0.2, 0) is 0 Å². The van der Waals surface area contributed by atoms with Crippen LogP contribution in [-0.4, -0.2) is 5.11 Å². The first-order chi connectivity index (χ1) is 14.2. The number of phenolic OH excluding ortho intramolecular Hbond substituents is 1. The van der Waals surface area contributed by atoms with E-state index in [0.717, 1.165) is 17.1 Å². The van der Waals surface area contributed by atoms with Crippen LogP contribution >= 0.6 is 0 Å². The standard InChI is InChI=1S/C26H20N2O/c27-25-17-24(13-14-26(25)29)28(22-11-9-18-5-1-3-7-20(18)15-22)23-12-10-19-6-2-4-8-21(19)16-23/h1-17,29H,27H2. The lowest BCUT2D eigenvalue weighted by Gasteiger charge is -2.26. The minimum absolute atomic E-state index is 0.0886. The number of nitrogens with two attached hydrogens (primary N) is 1. The van der Waals surface area contributed by atoms with Crippen LogP contribution in [0.25, 0.3) is 21.5 Å². The quantitative estimate of drug-likeness (QED) is 0.270. The molecule has 140 valence electrons. The van der Waals surface area contributed by atoms with E-state index in [2.05, 4.69) is 65.6 Å². The van der Waals surface area contributed by atoms with E-state index in [1.165, 1.54) is 21.5 Å². The Bertz CT molecular complexity index is 1260. The van der Waals surface area contributed by atoms with Crippen LogP contribution in [0.4, 0.5) is 22.7 Å². The Hall–Kier alpha value is -3.98. The third-order valence-corrected chi connectivity index (χ3v) is 5.25. The van der Waals surface area contributed by atoms with Crippen molar-refractivity contribution in [2.75, 3.05) is 10.6 Å². The molecular formula is C26H20N2O. The van der Waals surface area contributed by atoms with Crippen molar-refractivity contribution < 1.29 is 5.11 Å². The predicted octanol–water partition coefficient (Wildman–Crippen LogP) is 6.75. The summed E-state index contributed by atoms with van der Waals surface area (Å²) in [5.41, 5.74) is 9.33. The molecule has 0 aliphatic carbocycles. The molecule has 3 N–H and O–H groups in total. The van der Waals surface area contributed by atoms with Gasteiger partial charge in [-0.25, -0.2) is 0 Å². The van der Waals surface area contributed by atoms with Gasteiger partial charge >= 0.3 is 0 Å². The number of nitrogen functional groups attached to an aromatic ring is 1. The zero-order valence-electron chi connectivity index (χ0n) is 15.8. The van der Waals surface area contributed by atoms with E-state index in [0.29, 0.717) is 5.69 Å². The third kappa shape index (κ3) is 3.13. The predicted molar refractivity (Wildman–Crippen MR) is 122 cm³/mol. The highest BCUT2D eigenvalue weighted by atomic mass is 16.3. The summed E-state index contributed by atoms with van der Waals surface area (Å²) in [6, 6.07) is 34.8. The summed E-state index contributed by atoms with van der Waals surface area (Å²) in [6.45, 7) is 0. The van der Waals surface area contributed by atoms with Crippen LogP contribution in [0.1, 0.15) is 0 Å². The van der Waals surface area contributed by atoms with E-state index in [9.17, 15) is 5.11 Å². The second-order valence-electron chi connectivity index (χ2n) is 7.14. The molecule has 0 unspecified atom stereocenters. The normalized spacial score (nSPS) is 11.0. The summed E-state index contributed by atoms with van der Waals surface area (Å²) in [6.07, 6.45) is 0. The minimum atomic E-state index is 0.0886. The van der Waals surface area contributed by atoms with E-state index >= 15 is 0 Å². The van der Waals surface area contributed by atoms with Gasteiger partial charge in [0.05, 0.1) is 5.69 Å². The Labute approximate surface area is 169 Å². The Morgan fingerprint density at radius 3 is 1.48 bits per heavy atom. The van der Waals surface area contributed by atoms with Gasteiger partial charge in [-0.05, 0) is 64.0 Å². The molecule has 5 aromatic rings. The van der Waals surface area contributed by atoms with Crippen molar-refractivity contribution in [2.45, 2.75) is 0 Å². The molecule has 0 aromatic heterocycles. The molecule has 3 nitrogen and oxygen atoms in total. The number of fused-ring (bicyclic) bond motifs is 2. The Balaban J connectivity index is 1.73. The molecule has 0 amide bonds. The number of aromatic hydroxyl groups is 1. The number of hydrogen-bond donors (Lipinski definition) is 2. The van der Waals surface area contributed by atoms with Gasteiger partial charge in [0.15, 0.2) is 0 Å². The van der Waals surface area contributed by atoms with Crippen LogP contribution in [0, 0.1) is 0 Å². The van der Waals surface area contributed by atoms with Gasteiger partial charge in [0.25, 0.3) is 0 Å². The monoisotopic (exact) mass is 376 g/mol. The molecular weight excluding hydrogens is 356 g/mol. The second kappa shape index (κ2) is 6.88. The van der Waals surface area contributed by atoms with Gasteiger partial charge in [-0.15, -0.1) is 0 Å². The topological polar surface area (TPSA) is 49.5 Å². The molecule has 0 fully saturated rings. The molecule has 0 bridgehead atoms. The summed E-state index contributed by atoms with van der Waals surface area (Å²) in [5.74, 6) is 0.0886. The Kier molecular flexibility index (Phi) is 4.07. The van der Waals surface area contributed by atoms with Gasteiger partial charge in [-0.1, -0.05) is 60.7 Å². The smallest absolute Gasteiger partial charge is 0.138 e. The number of anilines is 4. The van der Waals surface area contributed by atoms with Crippen molar-refractivity contribution in [1.82, 2.24) is 0 Å². The molecule has 0 heterocycles. The van der Waals surface area contributed by atoms with Crippen LogP contribution in [0.2, 0.25) is 0 Å². The summed E-state index contributed by atoms with van der Waals surface area (Å²) < 4.78 is 0. The van der Waals surface area contributed by atoms with Crippen molar-refractivity contribution in [1.29, 1.82) is 0 Å². The van der Waals surface area contributed by atoms with Gasteiger partial charge in [-0.2, -0.15) is 0 Å². The molecule has 3 heteroatoms. The number of benzene rings is 5. The largest absolute Gasteiger partial charge is 0.506 e. The fourth-order valence-electron chi connectivity index (χ4n) is 3.76. The maximum Gasteiger partial charge on any atom is 0.138 e. The lowest BCUT2D eigenvalue weighted by molar-refractivity contribution is 0.478. The highest BCUT2D eigenvalue weighted by molar-refractivity contribution is 5.92. The van der Waals surface area contributed by atoms with Gasteiger partial charge in [0.1, 0.15) is 5.75 Å². The molecule has 0 aliphatic heterocycles. The molecule has 0 spiro atoms. The number of nitrogens with zero attached hydrogens (tertiary/aromatic N) is 1. The lowest BCUT2D eigenvalue weighted by Crippen LogP contribution is -2.10. The highest BCUT2D eigenvalue weighted by Gasteiger charge is 2.15. The van der Waals surface area contributed by atoms with Gasteiger partial charge in [0, 0.05) is 17.1 Å². The van der Waals surface area contributed by atoms with Gasteiger partial charge in [-0.3, -0.25) is 0 Å². The van der Waals surface area contributed by atoms with E-state index in [1.54, 1.807) is 12.1 Å². The van der Waals surface area contributed by atoms with Gasteiger partial charge < -0.3 is 15.7 Å². The van der Waals surface area contributed by atoms with E-state index < -0.39 is 0 Å². The number of hydrogen-bond acceptors (Lipinski definition) is 3. The fraction of sp³-hybridized carbons (Fsp3) is 0. The van der Waals surface area contributed by atoms with Crippen molar-refractivity contribution in [2.24, 2.45) is 0 Å². The molecule has 0 saturated heterocycles. The maximum absolute atomic E-state index is 9.91. The average Bonchev–Trinajstić information content (AvgIpc) is 2.76. The second-order valence-corrected chi connectivity index (χ2v) is 7.14. The SMILES string of the molecule is Nc1cc(N(c2ccc3ccccc3c2)c2ccc3ccccc3c2)ccc1O. The molecule has 0 saturated carbocycles. The summed E-state index contributed by atoms with van der Waals surface area (Å²) in [5, 5.41) is 14.6. The Morgan fingerprint density at radius 1 is 0.517 bits per heavy atom. The zero-order valence-corrected chi connectivity index (χ0v) is 15.8. The summed E-state index contributed by atoms with van der Waals surface area (Å²) >= 11 is 0. The molecule has 0 atom stereocenters. The number of phenols is 1. The van der Waals surface area contributed by atoms with Crippen LogP contribution < -0.4 is 10.6 Å². The first-order valence-corrected chi connectivity index (χ1v) is 9.55.